The molecule has 118 valence electrons. The summed E-state index contributed by atoms with van der Waals surface area (Å²) in [6.45, 7) is 3.79. The molecule has 1 unspecified atom stereocenters. The molecule has 0 saturated heterocycles. The van der Waals surface area contributed by atoms with Crippen LogP contribution >= 0.6 is 0 Å². The molecule has 0 aliphatic heterocycles. The summed E-state index contributed by atoms with van der Waals surface area (Å²) in [5.41, 5.74) is 1.08. The third-order valence-electron chi connectivity index (χ3n) is 3.39. The van der Waals surface area contributed by atoms with Crippen molar-refractivity contribution in [3.63, 3.8) is 0 Å². The van der Waals surface area contributed by atoms with Crippen LogP contribution in [0, 0.1) is 5.82 Å². The Morgan fingerprint density at radius 2 is 1.90 bits per heavy atom. The minimum absolute atomic E-state index is 0.162. The van der Waals surface area contributed by atoms with E-state index in [9.17, 15) is 4.39 Å². The lowest BCUT2D eigenvalue weighted by molar-refractivity contribution is 0.298. The zero-order chi connectivity index (χ0) is 15.7. The Hall–Kier alpha value is -1.62. The fourth-order valence-electron chi connectivity index (χ4n) is 2.08. The highest BCUT2D eigenvalue weighted by molar-refractivity contribution is 5.79. The van der Waals surface area contributed by atoms with Crippen molar-refractivity contribution in [3.8, 4) is 0 Å². The van der Waals surface area contributed by atoms with Crippen molar-refractivity contribution < 1.29 is 4.39 Å². The van der Waals surface area contributed by atoms with Crippen molar-refractivity contribution >= 4 is 5.96 Å². The highest BCUT2D eigenvalue weighted by Crippen LogP contribution is 2.17. The van der Waals surface area contributed by atoms with Crippen molar-refractivity contribution in [1.82, 2.24) is 15.5 Å². The number of halogens is 1. The second-order valence-electron chi connectivity index (χ2n) is 5.26. The minimum atomic E-state index is -0.207. The molecular weight excluding hydrogens is 267 g/mol. The van der Waals surface area contributed by atoms with E-state index in [4.69, 9.17) is 0 Å². The monoisotopic (exact) mass is 294 g/mol. The van der Waals surface area contributed by atoms with Gasteiger partial charge in [0.2, 0.25) is 0 Å². The van der Waals surface area contributed by atoms with Gasteiger partial charge in [-0.3, -0.25) is 4.99 Å². The Balaban J connectivity index is 2.60. The molecular formula is C16H27FN4. The molecule has 4 nitrogen and oxygen atoms in total. The second kappa shape index (κ2) is 9.34. The SMILES string of the molecule is CCCCNC(=NC)NCC(c1ccc(F)cc1)N(C)C. The number of hydrogen-bond donors (Lipinski definition) is 2. The van der Waals surface area contributed by atoms with Crippen molar-refractivity contribution in [2.75, 3.05) is 34.2 Å². The van der Waals surface area contributed by atoms with Gasteiger partial charge in [0.1, 0.15) is 5.82 Å². The predicted molar refractivity (Wildman–Crippen MR) is 87.1 cm³/mol. The van der Waals surface area contributed by atoms with Gasteiger partial charge in [-0.25, -0.2) is 4.39 Å². The van der Waals surface area contributed by atoms with Gasteiger partial charge in [0, 0.05) is 20.1 Å². The first kappa shape index (κ1) is 17.4. The Labute approximate surface area is 127 Å². The molecule has 0 aromatic heterocycles. The van der Waals surface area contributed by atoms with Gasteiger partial charge >= 0.3 is 0 Å². The predicted octanol–water partition coefficient (Wildman–Crippen LogP) is 2.39. The minimum Gasteiger partial charge on any atom is -0.356 e. The molecule has 0 aliphatic rings. The topological polar surface area (TPSA) is 39.7 Å². The number of unbranched alkanes of at least 4 members (excludes halogenated alkanes) is 1. The van der Waals surface area contributed by atoms with E-state index < -0.39 is 0 Å². The lowest BCUT2D eigenvalue weighted by Crippen LogP contribution is -2.42. The Morgan fingerprint density at radius 3 is 2.43 bits per heavy atom. The largest absolute Gasteiger partial charge is 0.356 e. The van der Waals surface area contributed by atoms with Crippen LogP contribution in [0.25, 0.3) is 0 Å². The summed E-state index contributed by atoms with van der Waals surface area (Å²) in [6, 6.07) is 6.82. The van der Waals surface area contributed by atoms with Crippen LogP contribution in [0.3, 0.4) is 0 Å². The van der Waals surface area contributed by atoms with Crippen molar-refractivity contribution in [2.24, 2.45) is 4.99 Å². The molecule has 0 aliphatic carbocycles. The maximum Gasteiger partial charge on any atom is 0.191 e. The Morgan fingerprint density at radius 1 is 1.24 bits per heavy atom. The third kappa shape index (κ3) is 6.12. The highest BCUT2D eigenvalue weighted by atomic mass is 19.1. The maximum atomic E-state index is 13.0. The Kier molecular flexibility index (Phi) is 7.75. The number of benzene rings is 1. The molecule has 1 atom stereocenters. The van der Waals surface area contributed by atoms with Crippen molar-refractivity contribution in [1.29, 1.82) is 0 Å². The summed E-state index contributed by atoms with van der Waals surface area (Å²) in [5, 5.41) is 6.61. The highest BCUT2D eigenvalue weighted by Gasteiger charge is 2.14. The van der Waals surface area contributed by atoms with E-state index in [2.05, 4.69) is 27.4 Å². The molecule has 2 N–H and O–H groups in total. The average Bonchev–Trinajstić information content (AvgIpc) is 2.47. The number of rotatable bonds is 7. The van der Waals surface area contributed by atoms with Crippen LogP contribution in [-0.4, -0.2) is 45.1 Å². The summed E-state index contributed by atoms with van der Waals surface area (Å²) in [6.07, 6.45) is 2.27. The zero-order valence-corrected chi connectivity index (χ0v) is 13.5. The smallest absolute Gasteiger partial charge is 0.191 e. The van der Waals surface area contributed by atoms with Gasteiger partial charge in [0.05, 0.1) is 6.04 Å². The number of nitrogens with zero attached hydrogens (tertiary/aromatic N) is 2. The first-order valence-electron chi connectivity index (χ1n) is 7.44. The molecule has 0 fully saturated rings. The van der Waals surface area contributed by atoms with Crippen molar-refractivity contribution in [3.05, 3.63) is 35.6 Å². The fraction of sp³-hybridized carbons (Fsp3) is 0.562. The van der Waals surface area contributed by atoms with E-state index in [-0.39, 0.29) is 11.9 Å². The lowest BCUT2D eigenvalue weighted by atomic mass is 10.1. The summed E-state index contributed by atoms with van der Waals surface area (Å²) >= 11 is 0. The van der Waals surface area contributed by atoms with Crippen LogP contribution < -0.4 is 10.6 Å². The molecule has 0 saturated carbocycles. The number of hydrogen-bond acceptors (Lipinski definition) is 2. The van der Waals surface area contributed by atoms with Crippen molar-refractivity contribution in [2.45, 2.75) is 25.8 Å². The summed E-state index contributed by atoms with van der Waals surface area (Å²) in [5.74, 6) is 0.596. The van der Waals surface area contributed by atoms with Crippen LogP contribution in [0.1, 0.15) is 31.4 Å². The molecule has 0 amide bonds. The molecule has 0 heterocycles. The zero-order valence-electron chi connectivity index (χ0n) is 13.5. The molecule has 0 spiro atoms. The number of likely N-dealkylation sites (N-methyl/N-ethyl adjacent to an activating group) is 1. The average molecular weight is 294 g/mol. The standard InChI is InChI=1S/C16H27FN4/c1-5-6-11-19-16(18-2)20-12-15(21(3)4)13-7-9-14(17)10-8-13/h7-10,15H,5-6,11-12H2,1-4H3,(H2,18,19,20). The van der Waals surface area contributed by atoms with E-state index in [1.54, 1.807) is 7.05 Å². The summed E-state index contributed by atoms with van der Waals surface area (Å²) in [7, 11) is 5.80. The molecule has 5 heteroatoms. The van der Waals surface area contributed by atoms with E-state index >= 15 is 0 Å². The summed E-state index contributed by atoms with van der Waals surface area (Å²) in [4.78, 5) is 6.33. The lowest BCUT2D eigenvalue weighted by Gasteiger charge is -2.26. The van der Waals surface area contributed by atoms with Crippen LogP contribution in [0.2, 0.25) is 0 Å². The molecule has 1 aromatic rings. The molecule has 21 heavy (non-hydrogen) atoms. The van der Waals surface area contributed by atoms with Gasteiger partial charge in [0.25, 0.3) is 0 Å². The molecule has 0 bridgehead atoms. The second-order valence-corrected chi connectivity index (χ2v) is 5.26. The summed E-state index contributed by atoms with van der Waals surface area (Å²) < 4.78 is 13.0. The van der Waals surface area contributed by atoms with E-state index in [1.165, 1.54) is 12.1 Å². The fourth-order valence-corrected chi connectivity index (χ4v) is 2.08. The van der Waals surface area contributed by atoms with E-state index in [0.29, 0.717) is 6.54 Å². The van der Waals surface area contributed by atoms with E-state index in [0.717, 1.165) is 30.9 Å². The third-order valence-corrected chi connectivity index (χ3v) is 3.39. The molecule has 0 radical (unpaired) electrons. The van der Waals surface area contributed by atoms with Crippen LogP contribution in [-0.2, 0) is 0 Å². The normalized spacial score (nSPS) is 13.3. The van der Waals surface area contributed by atoms with Gasteiger partial charge < -0.3 is 15.5 Å². The molecule has 1 rings (SSSR count). The van der Waals surface area contributed by atoms with Gasteiger partial charge in [-0.15, -0.1) is 0 Å². The van der Waals surface area contributed by atoms with Gasteiger partial charge in [-0.1, -0.05) is 25.5 Å². The maximum absolute atomic E-state index is 13.0. The number of aliphatic imine (C=N–C) groups is 1. The molecule has 1 aromatic carbocycles. The quantitative estimate of drug-likeness (QED) is 0.461. The first-order valence-corrected chi connectivity index (χ1v) is 7.44. The van der Waals surface area contributed by atoms with Crippen LogP contribution in [0.15, 0.2) is 29.3 Å². The van der Waals surface area contributed by atoms with E-state index in [1.807, 2.05) is 26.2 Å². The Bertz CT molecular complexity index is 428. The van der Waals surface area contributed by atoms with Gasteiger partial charge in [-0.2, -0.15) is 0 Å². The van der Waals surface area contributed by atoms with Crippen LogP contribution in [0.5, 0.6) is 0 Å². The van der Waals surface area contributed by atoms with Gasteiger partial charge in [0.15, 0.2) is 5.96 Å². The number of nitrogens with one attached hydrogen (secondary N) is 2. The number of guanidine groups is 1. The van der Waals surface area contributed by atoms with Crippen LogP contribution in [0.4, 0.5) is 4.39 Å². The van der Waals surface area contributed by atoms with Gasteiger partial charge in [-0.05, 0) is 38.2 Å². The first-order chi connectivity index (χ1) is 10.1.